The van der Waals surface area contributed by atoms with Gasteiger partial charge < -0.3 is 4.65 Å². The van der Waals surface area contributed by atoms with Gasteiger partial charge in [-0.2, -0.15) is 0 Å². The highest BCUT2D eigenvalue weighted by molar-refractivity contribution is 6.84. The van der Waals surface area contributed by atoms with Crippen LogP contribution in [0.15, 0.2) is 43.0 Å². The third-order valence-corrected chi connectivity index (χ3v) is 13.1. The van der Waals surface area contributed by atoms with Crippen molar-refractivity contribution < 1.29 is 4.65 Å². The van der Waals surface area contributed by atoms with Crippen LogP contribution in [0.3, 0.4) is 0 Å². The van der Waals surface area contributed by atoms with Gasteiger partial charge in [0.1, 0.15) is 0 Å². The van der Waals surface area contributed by atoms with E-state index < -0.39 is 16.1 Å². The number of fused-ring (bicyclic) bond motifs is 2. The molecule has 2 bridgehead atoms. The number of hydrogen-bond acceptors (Lipinski definition) is 1. The Labute approximate surface area is 182 Å². The summed E-state index contributed by atoms with van der Waals surface area (Å²) in [5.41, 5.74) is 1.37. The molecule has 1 aromatic carbocycles. The molecule has 0 aromatic heterocycles. The molecule has 2 atom stereocenters. The number of rotatable bonds is 8. The van der Waals surface area contributed by atoms with Crippen molar-refractivity contribution in [2.75, 3.05) is 0 Å². The fourth-order valence-corrected chi connectivity index (χ4v) is 13.7. The van der Waals surface area contributed by atoms with E-state index in [4.69, 9.17) is 4.65 Å². The summed E-state index contributed by atoms with van der Waals surface area (Å²) in [4.78, 5) is 0. The smallest absolute Gasteiger partial charge is 0.300 e. The van der Waals surface area contributed by atoms with E-state index in [9.17, 15) is 0 Å². The molecule has 29 heavy (non-hydrogen) atoms. The summed E-state index contributed by atoms with van der Waals surface area (Å²) >= 11 is 0. The van der Waals surface area contributed by atoms with Crippen molar-refractivity contribution in [2.45, 2.75) is 107 Å². The molecule has 3 rings (SSSR count). The second-order valence-corrected chi connectivity index (χ2v) is 22.9. The Bertz CT molecular complexity index is 656. The summed E-state index contributed by atoms with van der Waals surface area (Å²) in [5, 5.41) is 0.0740. The standard InChI is InChI=1S/C25H43BOSi2/c1-8-25(29(5,6)7,20-28(2,3)4)24(21-14-10-9-11-15-21)27-26-22-16-12-17-23(26)19-13-18-22/h8-11,14-15,22-24H,1,12-13,16-20H2,2-7H3. The van der Waals surface area contributed by atoms with Crippen LogP contribution in [0.4, 0.5) is 0 Å². The van der Waals surface area contributed by atoms with Gasteiger partial charge in [-0.3, -0.25) is 0 Å². The second-order valence-electron chi connectivity index (χ2n) is 12.0. The summed E-state index contributed by atoms with van der Waals surface area (Å²) in [5.74, 6) is 1.54. The molecule has 2 heterocycles. The van der Waals surface area contributed by atoms with Gasteiger partial charge in [0.25, 0.3) is 6.92 Å². The number of benzene rings is 1. The minimum absolute atomic E-state index is 0.0740. The third-order valence-electron chi connectivity index (χ3n) is 7.68. The lowest BCUT2D eigenvalue weighted by molar-refractivity contribution is 0.148. The molecule has 160 valence electrons. The van der Waals surface area contributed by atoms with Crippen molar-refractivity contribution in [1.82, 2.24) is 0 Å². The molecule has 2 aliphatic heterocycles. The van der Waals surface area contributed by atoms with Crippen LogP contribution in [-0.4, -0.2) is 23.1 Å². The lowest BCUT2D eigenvalue weighted by Crippen LogP contribution is -2.49. The van der Waals surface area contributed by atoms with Crippen molar-refractivity contribution in [3.63, 3.8) is 0 Å². The largest absolute Gasteiger partial charge is 0.428 e. The van der Waals surface area contributed by atoms with Crippen molar-refractivity contribution in [2.24, 2.45) is 0 Å². The summed E-state index contributed by atoms with van der Waals surface area (Å²) in [6, 6.07) is 12.4. The molecule has 0 N–H and O–H groups in total. The fraction of sp³-hybridized carbons (Fsp3) is 0.680. The lowest BCUT2D eigenvalue weighted by atomic mass is 9.37. The molecule has 0 amide bonds. The van der Waals surface area contributed by atoms with Crippen LogP contribution in [0.25, 0.3) is 0 Å². The molecular formula is C25H43BOSi2. The third kappa shape index (κ3) is 5.02. The van der Waals surface area contributed by atoms with Crippen molar-refractivity contribution in [3.05, 3.63) is 48.6 Å². The predicted molar refractivity (Wildman–Crippen MR) is 136 cm³/mol. The molecule has 2 aliphatic rings. The Morgan fingerprint density at radius 3 is 1.93 bits per heavy atom. The first-order valence-corrected chi connectivity index (χ1v) is 19.1. The molecule has 0 spiro atoms. The van der Waals surface area contributed by atoms with Crippen LogP contribution >= 0.6 is 0 Å². The summed E-state index contributed by atoms with van der Waals surface area (Å²) in [6.45, 7) is 20.1. The van der Waals surface area contributed by atoms with Crippen LogP contribution in [0.2, 0.25) is 62.0 Å². The van der Waals surface area contributed by atoms with Gasteiger partial charge >= 0.3 is 0 Å². The molecule has 1 aromatic rings. The topological polar surface area (TPSA) is 9.23 Å². The van der Waals surface area contributed by atoms with Gasteiger partial charge in [-0.15, -0.1) is 6.58 Å². The first kappa shape index (κ1) is 23.1. The molecule has 1 nitrogen and oxygen atoms in total. The van der Waals surface area contributed by atoms with Crippen molar-refractivity contribution in [3.8, 4) is 0 Å². The molecule has 4 heteroatoms. The molecule has 2 saturated heterocycles. The van der Waals surface area contributed by atoms with Gasteiger partial charge in [0.2, 0.25) is 0 Å². The van der Waals surface area contributed by atoms with E-state index in [1.165, 1.54) is 50.1 Å². The zero-order valence-corrected chi connectivity index (χ0v) is 21.8. The highest BCUT2D eigenvalue weighted by Crippen LogP contribution is 2.59. The van der Waals surface area contributed by atoms with Crippen LogP contribution in [0.5, 0.6) is 0 Å². The maximum absolute atomic E-state index is 7.36. The van der Waals surface area contributed by atoms with E-state index in [-0.39, 0.29) is 11.1 Å². The van der Waals surface area contributed by atoms with Crippen molar-refractivity contribution in [1.29, 1.82) is 0 Å². The normalized spacial score (nSPS) is 25.9. The average molecular weight is 427 g/mol. The molecular weight excluding hydrogens is 383 g/mol. The van der Waals surface area contributed by atoms with Gasteiger partial charge in [-0.05, 0) is 23.2 Å². The molecule has 2 unspecified atom stereocenters. The summed E-state index contributed by atoms with van der Waals surface area (Å²) in [7, 11) is -2.95. The van der Waals surface area contributed by atoms with E-state index in [2.05, 4.69) is 82.3 Å². The first-order chi connectivity index (χ1) is 13.6. The summed E-state index contributed by atoms with van der Waals surface area (Å²) < 4.78 is 7.36. The lowest BCUT2D eigenvalue weighted by Gasteiger charge is -2.52. The van der Waals surface area contributed by atoms with Gasteiger partial charge in [-0.1, -0.05) is 114 Å². The predicted octanol–water partition coefficient (Wildman–Crippen LogP) is 8.45. The van der Waals surface area contributed by atoms with Gasteiger partial charge in [0, 0.05) is 13.1 Å². The molecule has 0 saturated carbocycles. The van der Waals surface area contributed by atoms with Crippen LogP contribution < -0.4 is 0 Å². The fourth-order valence-electron chi connectivity index (χ4n) is 6.23. The minimum Gasteiger partial charge on any atom is -0.428 e. The van der Waals surface area contributed by atoms with Gasteiger partial charge in [-0.25, -0.2) is 0 Å². The highest BCUT2D eigenvalue weighted by atomic mass is 28.3. The van der Waals surface area contributed by atoms with Crippen molar-refractivity contribution >= 4 is 23.1 Å². The second kappa shape index (κ2) is 8.88. The van der Waals surface area contributed by atoms with Gasteiger partial charge in [0.05, 0.1) is 14.2 Å². The summed E-state index contributed by atoms with van der Waals surface area (Å²) in [6.07, 6.45) is 10.8. The van der Waals surface area contributed by atoms with E-state index in [0.717, 1.165) is 11.6 Å². The molecule has 2 fully saturated rings. The van der Waals surface area contributed by atoms with Gasteiger partial charge in [0.15, 0.2) is 0 Å². The Hall–Kier alpha value is -0.581. The quantitative estimate of drug-likeness (QED) is 0.299. The van der Waals surface area contributed by atoms with E-state index in [0.29, 0.717) is 6.92 Å². The van der Waals surface area contributed by atoms with Crippen LogP contribution in [-0.2, 0) is 4.65 Å². The Morgan fingerprint density at radius 2 is 1.52 bits per heavy atom. The number of hydrogen-bond donors (Lipinski definition) is 0. The SMILES string of the molecule is C=CC(C[Si](C)(C)C)(C(OB1C2CCCC1CCC2)c1ccccc1)[Si](C)(C)C. The van der Waals surface area contributed by atoms with E-state index in [1.54, 1.807) is 0 Å². The monoisotopic (exact) mass is 426 g/mol. The maximum atomic E-state index is 7.36. The van der Waals surface area contributed by atoms with Crippen LogP contribution in [0.1, 0.15) is 50.2 Å². The van der Waals surface area contributed by atoms with Crippen LogP contribution in [0, 0.1) is 0 Å². The Morgan fingerprint density at radius 1 is 1.00 bits per heavy atom. The van der Waals surface area contributed by atoms with E-state index >= 15 is 0 Å². The maximum Gasteiger partial charge on any atom is 0.300 e. The zero-order valence-electron chi connectivity index (χ0n) is 19.8. The minimum atomic E-state index is -1.62. The Balaban J connectivity index is 2.07. The Kier molecular flexibility index (Phi) is 7.07. The zero-order chi connectivity index (χ0) is 21.3. The molecule has 0 aliphatic carbocycles. The first-order valence-electron chi connectivity index (χ1n) is 11.9. The highest BCUT2D eigenvalue weighted by Gasteiger charge is 2.53. The molecule has 0 radical (unpaired) electrons. The average Bonchev–Trinajstić information content (AvgIpc) is 2.63. The van der Waals surface area contributed by atoms with E-state index in [1.807, 2.05) is 0 Å².